The highest BCUT2D eigenvalue weighted by atomic mass is 32.2. The number of carbonyl (C=O) groups excluding carboxylic acids is 1. The molecule has 168 valence electrons. The fourth-order valence-corrected chi connectivity index (χ4v) is 6.50. The number of anilines is 1. The van der Waals surface area contributed by atoms with Gasteiger partial charge in [-0.1, -0.05) is 54.6 Å². The van der Waals surface area contributed by atoms with Crippen LogP contribution in [0.4, 0.5) is 5.69 Å². The summed E-state index contributed by atoms with van der Waals surface area (Å²) in [6, 6.07) is 13.9. The van der Waals surface area contributed by atoms with Crippen LogP contribution in [-0.4, -0.2) is 21.2 Å². The van der Waals surface area contributed by atoms with Gasteiger partial charge >= 0.3 is 0 Å². The molecule has 4 aromatic rings. The van der Waals surface area contributed by atoms with Crippen LogP contribution in [0.25, 0.3) is 21.0 Å². The predicted molar refractivity (Wildman–Crippen MR) is 139 cm³/mol. The minimum absolute atomic E-state index is 0.0169. The molecule has 0 fully saturated rings. The van der Waals surface area contributed by atoms with Gasteiger partial charge in [0.15, 0.2) is 5.16 Å². The summed E-state index contributed by atoms with van der Waals surface area (Å²) in [5.41, 5.74) is 1.93. The standard InChI is InChI=1S/C26H25N3O2S2/c1-2-14-29-25(31)23-20-10-4-3-5-11-21(20)33-24(23)28-26(29)32-16-22(30)27-19-13-12-17-8-6-7-9-18(17)15-19/h2,6-9,12-13,15H,1,3-5,10-11,14,16H2,(H,27,30). The Bertz CT molecular complexity index is 1420. The second-order valence-corrected chi connectivity index (χ2v) is 10.3. The van der Waals surface area contributed by atoms with E-state index in [2.05, 4.69) is 11.9 Å². The molecule has 5 nitrogen and oxygen atoms in total. The van der Waals surface area contributed by atoms with Gasteiger partial charge in [0, 0.05) is 17.1 Å². The van der Waals surface area contributed by atoms with Crippen molar-refractivity contribution < 1.29 is 4.79 Å². The second kappa shape index (κ2) is 9.53. The first-order valence-corrected chi connectivity index (χ1v) is 13.0. The van der Waals surface area contributed by atoms with Crippen molar-refractivity contribution >= 4 is 55.7 Å². The molecule has 1 aliphatic rings. The van der Waals surface area contributed by atoms with E-state index in [-0.39, 0.29) is 17.2 Å². The highest BCUT2D eigenvalue weighted by molar-refractivity contribution is 7.99. The topological polar surface area (TPSA) is 64.0 Å². The molecule has 1 N–H and O–H groups in total. The number of fused-ring (bicyclic) bond motifs is 4. The van der Waals surface area contributed by atoms with Crippen molar-refractivity contribution in [3.63, 3.8) is 0 Å². The Labute approximate surface area is 200 Å². The molecular weight excluding hydrogens is 450 g/mol. The molecule has 2 aromatic carbocycles. The van der Waals surface area contributed by atoms with Crippen LogP contribution in [0.2, 0.25) is 0 Å². The number of aromatic nitrogens is 2. The summed E-state index contributed by atoms with van der Waals surface area (Å²) in [4.78, 5) is 33.0. The smallest absolute Gasteiger partial charge is 0.263 e. The first kappa shape index (κ1) is 21.9. The van der Waals surface area contributed by atoms with Crippen molar-refractivity contribution in [1.82, 2.24) is 9.55 Å². The van der Waals surface area contributed by atoms with Gasteiger partial charge in [0.2, 0.25) is 5.91 Å². The van der Waals surface area contributed by atoms with E-state index in [4.69, 9.17) is 4.98 Å². The number of hydrogen-bond acceptors (Lipinski definition) is 5. The lowest BCUT2D eigenvalue weighted by Crippen LogP contribution is -2.24. The molecule has 1 aliphatic carbocycles. The number of rotatable bonds is 6. The molecule has 2 heterocycles. The van der Waals surface area contributed by atoms with E-state index < -0.39 is 0 Å². The molecule has 5 rings (SSSR count). The zero-order chi connectivity index (χ0) is 22.8. The minimum atomic E-state index is -0.128. The molecule has 0 saturated heterocycles. The van der Waals surface area contributed by atoms with E-state index in [1.54, 1.807) is 22.0 Å². The van der Waals surface area contributed by atoms with Gasteiger partial charge in [-0.25, -0.2) is 4.98 Å². The number of allylic oxidation sites excluding steroid dienone is 1. The van der Waals surface area contributed by atoms with Crippen LogP contribution in [0, 0.1) is 0 Å². The van der Waals surface area contributed by atoms with Gasteiger partial charge in [-0.05, 0) is 54.2 Å². The van der Waals surface area contributed by atoms with Crippen molar-refractivity contribution in [1.29, 1.82) is 0 Å². The Morgan fingerprint density at radius 3 is 2.82 bits per heavy atom. The molecule has 0 atom stereocenters. The van der Waals surface area contributed by atoms with Crippen molar-refractivity contribution in [2.24, 2.45) is 0 Å². The number of aryl methyl sites for hydroxylation is 2. The number of nitrogens with zero attached hydrogens (tertiary/aromatic N) is 2. The van der Waals surface area contributed by atoms with Crippen LogP contribution in [0.5, 0.6) is 0 Å². The summed E-state index contributed by atoms with van der Waals surface area (Å²) in [6.07, 6.45) is 7.16. The van der Waals surface area contributed by atoms with Gasteiger partial charge in [-0.2, -0.15) is 0 Å². The van der Waals surface area contributed by atoms with Crippen molar-refractivity contribution in [3.8, 4) is 0 Å². The lowest BCUT2D eigenvalue weighted by molar-refractivity contribution is -0.113. The van der Waals surface area contributed by atoms with Gasteiger partial charge in [-0.3, -0.25) is 14.2 Å². The third kappa shape index (κ3) is 4.48. The molecule has 1 amide bonds. The highest BCUT2D eigenvalue weighted by Gasteiger charge is 2.21. The highest BCUT2D eigenvalue weighted by Crippen LogP contribution is 2.34. The summed E-state index contributed by atoms with van der Waals surface area (Å²) >= 11 is 2.94. The van der Waals surface area contributed by atoms with Gasteiger partial charge in [0.25, 0.3) is 5.56 Å². The first-order valence-electron chi connectivity index (χ1n) is 11.2. The molecule has 0 aliphatic heterocycles. The summed E-state index contributed by atoms with van der Waals surface area (Å²) in [7, 11) is 0. The minimum Gasteiger partial charge on any atom is -0.325 e. The summed E-state index contributed by atoms with van der Waals surface area (Å²) in [5, 5.41) is 6.50. The normalized spacial score (nSPS) is 13.6. The largest absolute Gasteiger partial charge is 0.325 e. The fraction of sp³-hybridized carbons (Fsp3) is 0.269. The molecular formula is C26H25N3O2S2. The van der Waals surface area contributed by atoms with Crippen LogP contribution in [0.15, 0.2) is 65.1 Å². The quantitative estimate of drug-likeness (QED) is 0.166. The van der Waals surface area contributed by atoms with E-state index in [9.17, 15) is 9.59 Å². The Morgan fingerprint density at radius 1 is 1.15 bits per heavy atom. The van der Waals surface area contributed by atoms with E-state index in [0.717, 1.165) is 52.4 Å². The maximum Gasteiger partial charge on any atom is 0.263 e. The molecule has 0 bridgehead atoms. The summed E-state index contributed by atoms with van der Waals surface area (Å²) in [5.74, 6) is 0.0456. The molecule has 2 aromatic heterocycles. The third-order valence-electron chi connectivity index (χ3n) is 5.97. The zero-order valence-electron chi connectivity index (χ0n) is 18.3. The van der Waals surface area contributed by atoms with Crippen molar-refractivity contribution in [2.75, 3.05) is 11.1 Å². The lowest BCUT2D eigenvalue weighted by atomic mass is 10.1. The van der Waals surface area contributed by atoms with Gasteiger partial charge < -0.3 is 5.32 Å². The SMILES string of the molecule is C=CCn1c(SCC(=O)Nc2ccc3ccccc3c2)nc2sc3c(c2c1=O)CCCCC3. The maximum atomic E-state index is 13.4. The van der Waals surface area contributed by atoms with Crippen LogP contribution in [-0.2, 0) is 24.2 Å². The third-order valence-corrected chi connectivity index (χ3v) is 8.13. The molecule has 33 heavy (non-hydrogen) atoms. The average molecular weight is 476 g/mol. The number of benzene rings is 2. The zero-order valence-corrected chi connectivity index (χ0v) is 19.9. The number of thioether (sulfide) groups is 1. The number of amides is 1. The first-order chi connectivity index (χ1) is 16.1. The van der Waals surface area contributed by atoms with Gasteiger partial charge in [0.05, 0.1) is 11.1 Å². The summed E-state index contributed by atoms with van der Waals surface area (Å²) in [6.45, 7) is 4.19. The van der Waals surface area contributed by atoms with Crippen LogP contribution >= 0.6 is 23.1 Å². The molecule has 0 spiro atoms. The molecule has 7 heteroatoms. The fourth-order valence-electron chi connectivity index (χ4n) is 4.39. The molecule has 0 unspecified atom stereocenters. The molecule has 0 saturated carbocycles. The van der Waals surface area contributed by atoms with Gasteiger partial charge in [0.1, 0.15) is 4.83 Å². The van der Waals surface area contributed by atoms with Crippen molar-refractivity contribution in [2.45, 2.75) is 43.8 Å². The van der Waals surface area contributed by atoms with Crippen molar-refractivity contribution in [3.05, 3.63) is 75.9 Å². The Morgan fingerprint density at radius 2 is 1.97 bits per heavy atom. The van der Waals surface area contributed by atoms with Crippen LogP contribution in [0.1, 0.15) is 29.7 Å². The molecule has 0 radical (unpaired) electrons. The number of carbonyl (C=O) groups is 1. The van der Waals surface area contributed by atoms with Crippen LogP contribution in [0.3, 0.4) is 0 Å². The Balaban J connectivity index is 1.39. The Hall–Kier alpha value is -2.90. The maximum absolute atomic E-state index is 13.4. The van der Waals surface area contributed by atoms with Crippen LogP contribution < -0.4 is 10.9 Å². The lowest BCUT2D eigenvalue weighted by Gasteiger charge is -2.11. The Kier molecular flexibility index (Phi) is 6.33. The number of thiophene rings is 1. The number of hydrogen-bond donors (Lipinski definition) is 1. The number of nitrogens with one attached hydrogen (secondary N) is 1. The van der Waals surface area contributed by atoms with Gasteiger partial charge in [-0.15, -0.1) is 17.9 Å². The van der Waals surface area contributed by atoms with E-state index in [0.29, 0.717) is 11.7 Å². The van der Waals surface area contributed by atoms with E-state index in [1.807, 2.05) is 42.5 Å². The van der Waals surface area contributed by atoms with E-state index in [1.165, 1.54) is 28.6 Å². The van der Waals surface area contributed by atoms with E-state index >= 15 is 0 Å². The predicted octanol–water partition coefficient (Wildman–Crippen LogP) is 5.80. The monoisotopic (exact) mass is 475 g/mol. The second-order valence-electron chi connectivity index (χ2n) is 8.24. The summed E-state index contributed by atoms with van der Waals surface area (Å²) < 4.78 is 1.65. The average Bonchev–Trinajstić information content (AvgIpc) is 3.00.